The van der Waals surface area contributed by atoms with Crippen LogP contribution in [0.15, 0.2) is 28.8 Å². The van der Waals surface area contributed by atoms with Gasteiger partial charge >= 0.3 is 0 Å². The van der Waals surface area contributed by atoms with Crippen molar-refractivity contribution in [3.8, 4) is 0 Å². The van der Waals surface area contributed by atoms with Crippen LogP contribution in [0.4, 0.5) is 5.69 Å². The van der Waals surface area contributed by atoms with Crippen molar-refractivity contribution in [1.29, 1.82) is 0 Å². The molecule has 0 fully saturated rings. The number of anilines is 1. The van der Waals surface area contributed by atoms with Crippen molar-refractivity contribution >= 4 is 5.69 Å². The third-order valence-corrected chi connectivity index (χ3v) is 3.36. The number of hydrogen-bond acceptors (Lipinski definition) is 5. The summed E-state index contributed by atoms with van der Waals surface area (Å²) in [5, 5.41) is 7.38. The molecule has 0 bridgehead atoms. The van der Waals surface area contributed by atoms with Crippen molar-refractivity contribution in [3.05, 3.63) is 41.5 Å². The minimum atomic E-state index is 0.672. The Morgan fingerprint density at radius 1 is 1.37 bits per heavy atom. The van der Waals surface area contributed by atoms with Gasteiger partial charge in [0, 0.05) is 31.7 Å². The summed E-state index contributed by atoms with van der Waals surface area (Å²) in [6.45, 7) is 5.52. The average molecular weight is 258 g/mol. The van der Waals surface area contributed by atoms with Crippen molar-refractivity contribution in [2.75, 3.05) is 18.0 Å². The molecule has 2 aromatic rings. The lowest BCUT2D eigenvalue weighted by Gasteiger charge is -2.22. The van der Waals surface area contributed by atoms with E-state index in [-0.39, 0.29) is 0 Å². The van der Waals surface area contributed by atoms with Crippen LogP contribution in [0.5, 0.6) is 0 Å². The molecule has 0 amide bonds. The molecule has 1 aliphatic rings. The molecule has 1 aromatic heterocycles. The Morgan fingerprint density at radius 2 is 2.26 bits per heavy atom. The molecule has 5 heteroatoms. The second kappa shape index (κ2) is 5.40. The van der Waals surface area contributed by atoms with Crippen LogP contribution < -0.4 is 10.2 Å². The number of hydrogen-bond donors (Lipinski definition) is 1. The third-order valence-electron chi connectivity index (χ3n) is 3.36. The minimum Gasteiger partial charge on any atom is -0.361 e. The summed E-state index contributed by atoms with van der Waals surface area (Å²) in [6, 6.07) is 8.46. The zero-order valence-electron chi connectivity index (χ0n) is 11.1. The minimum absolute atomic E-state index is 0.672. The van der Waals surface area contributed by atoms with Gasteiger partial charge in [-0.05, 0) is 11.6 Å². The van der Waals surface area contributed by atoms with Gasteiger partial charge in [0.25, 0.3) is 0 Å². The summed E-state index contributed by atoms with van der Waals surface area (Å²) in [5.74, 6) is 1.46. The van der Waals surface area contributed by atoms with Gasteiger partial charge in [0.1, 0.15) is 0 Å². The SMILES string of the molecule is CCc1noc(CN2CCNCc3ccccc32)n1. The van der Waals surface area contributed by atoms with Crippen LogP contribution in [-0.4, -0.2) is 23.2 Å². The van der Waals surface area contributed by atoms with Crippen LogP contribution in [0.2, 0.25) is 0 Å². The van der Waals surface area contributed by atoms with Gasteiger partial charge in [0.15, 0.2) is 5.82 Å². The molecule has 1 N–H and O–H groups in total. The number of rotatable bonds is 3. The highest BCUT2D eigenvalue weighted by atomic mass is 16.5. The molecule has 0 saturated carbocycles. The van der Waals surface area contributed by atoms with Gasteiger partial charge in [-0.1, -0.05) is 30.3 Å². The Hall–Kier alpha value is -1.88. The number of nitrogens with zero attached hydrogens (tertiary/aromatic N) is 3. The van der Waals surface area contributed by atoms with Crippen molar-refractivity contribution in [3.63, 3.8) is 0 Å². The van der Waals surface area contributed by atoms with Crippen molar-refractivity contribution in [2.24, 2.45) is 0 Å². The normalized spacial score (nSPS) is 15.1. The number of aryl methyl sites for hydroxylation is 1. The number of nitrogens with one attached hydrogen (secondary N) is 1. The fraction of sp³-hybridized carbons (Fsp3) is 0.429. The van der Waals surface area contributed by atoms with E-state index >= 15 is 0 Å². The van der Waals surface area contributed by atoms with Gasteiger partial charge in [-0.25, -0.2) is 0 Å². The van der Waals surface area contributed by atoms with E-state index in [1.165, 1.54) is 11.3 Å². The molecule has 100 valence electrons. The second-order valence-corrected chi connectivity index (χ2v) is 4.68. The Labute approximate surface area is 112 Å². The van der Waals surface area contributed by atoms with Crippen molar-refractivity contribution < 1.29 is 4.52 Å². The van der Waals surface area contributed by atoms with Crippen LogP contribution in [0, 0.1) is 0 Å². The third kappa shape index (κ3) is 2.61. The molecule has 0 spiro atoms. The Balaban J connectivity index is 1.83. The van der Waals surface area contributed by atoms with Crippen LogP contribution in [0.25, 0.3) is 0 Å². The Morgan fingerprint density at radius 3 is 3.11 bits per heavy atom. The van der Waals surface area contributed by atoms with Crippen LogP contribution in [-0.2, 0) is 19.5 Å². The van der Waals surface area contributed by atoms with E-state index in [1.807, 2.05) is 6.92 Å². The van der Waals surface area contributed by atoms with Crippen LogP contribution in [0.1, 0.15) is 24.2 Å². The van der Waals surface area contributed by atoms with Crippen molar-refractivity contribution in [1.82, 2.24) is 15.5 Å². The van der Waals surface area contributed by atoms with Crippen LogP contribution >= 0.6 is 0 Å². The summed E-state index contributed by atoms with van der Waals surface area (Å²) >= 11 is 0. The molecule has 0 atom stereocenters. The smallest absolute Gasteiger partial charge is 0.246 e. The molecular formula is C14H18N4O. The highest BCUT2D eigenvalue weighted by Crippen LogP contribution is 2.23. The first kappa shape index (κ1) is 12.2. The van der Waals surface area contributed by atoms with Gasteiger partial charge in [0.2, 0.25) is 5.89 Å². The fourth-order valence-corrected chi connectivity index (χ4v) is 2.35. The first-order valence-electron chi connectivity index (χ1n) is 6.72. The monoisotopic (exact) mass is 258 g/mol. The van der Waals surface area contributed by atoms with E-state index in [2.05, 4.69) is 44.6 Å². The average Bonchev–Trinajstić information content (AvgIpc) is 2.80. The maximum atomic E-state index is 5.29. The molecule has 5 nitrogen and oxygen atoms in total. The predicted molar refractivity (Wildman–Crippen MR) is 72.9 cm³/mol. The maximum absolute atomic E-state index is 5.29. The zero-order valence-corrected chi connectivity index (χ0v) is 11.1. The van der Waals surface area contributed by atoms with Gasteiger partial charge in [0.05, 0.1) is 6.54 Å². The molecule has 0 radical (unpaired) electrons. The van der Waals surface area contributed by atoms with E-state index in [4.69, 9.17) is 4.52 Å². The largest absolute Gasteiger partial charge is 0.361 e. The molecule has 0 saturated heterocycles. The zero-order chi connectivity index (χ0) is 13.1. The number of benzene rings is 1. The quantitative estimate of drug-likeness (QED) is 0.909. The van der Waals surface area contributed by atoms with Gasteiger partial charge < -0.3 is 14.7 Å². The second-order valence-electron chi connectivity index (χ2n) is 4.68. The number of fused-ring (bicyclic) bond motifs is 1. The Bertz CT molecular complexity index is 552. The fourth-order valence-electron chi connectivity index (χ4n) is 2.35. The topological polar surface area (TPSA) is 54.2 Å². The maximum Gasteiger partial charge on any atom is 0.246 e. The molecule has 19 heavy (non-hydrogen) atoms. The summed E-state index contributed by atoms with van der Waals surface area (Å²) in [4.78, 5) is 6.68. The lowest BCUT2D eigenvalue weighted by Crippen LogP contribution is -2.28. The van der Waals surface area contributed by atoms with Gasteiger partial charge in [-0.15, -0.1) is 0 Å². The molecule has 0 aliphatic carbocycles. The summed E-state index contributed by atoms with van der Waals surface area (Å²) in [7, 11) is 0. The molecule has 0 unspecified atom stereocenters. The van der Waals surface area contributed by atoms with E-state index in [0.29, 0.717) is 12.4 Å². The van der Waals surface area contributed by atoms with E-state index in [0.717, 1.165) is 31.9 Å². The lowest BCUT2D eigenvalue weighted by molar-refractivity contribution is 0.371. The summed E-state index contributed by atoms with van der Waals surface area (Å²) in [6.07, 6.45) is 0.807. The molecule has 1 aliphatic heterocycles. The lowest BCUT2D eigenvalue weighted by atomic mass is 10.1. The van der Waals surface area contributed by atoms with Gasteiger partial charge in [-0.3, -0.25) is 0 Å². The number of aromatic nitrogens is 2. The first-order valence-corrected chi connectivity index (χ1v) is 6.72. The highest BCUT2D eigenvalue weighted by molar-refractivity contribution is 5.54. The molecule has 2 heterocycles. The van der Waals surface area contributed by atoms with Crippen LogP contribution in [0.3, 0.4) is 0 Å². The molecular weight excluding hydrogens is 240 g/mol. The van der Waals surface area contributed by atoms with E-state index in [9.17, 15) is 0 Å². The Kier molecular flexibility index (Phi) is 3.46. The van der Waals surface area contributed by atoms with E-state index in [1.54, 1.807) is 0 Å². The summed E-state index contributed by atoms with van der Waals surface area (Å²) < 4.78 is 5.29. The molecule has 3 rings (SSSR count). The summed E-state index contributed by atoms with van der Waals surface area (Å²) in [5.41, 5.74) is 2.57. The standard InChI is InChI=1S/C14H18N4O/c1-2-13-16-14(19-17-13)10-18-8-7-15-9-11-5-3-4-6-12(11)18/h3-6,15H,2,7-10H2,1H3. The molecule has 1 aromatic carbocycles. The van der Waals surface area contributed by atoms with Crippen molar-refractivity contribution in [2.45, 2.75) is 26.4 Å². The van der Waals surface area contributed by atoms with E-state index < -0.39 is 0 Å². The van der Waals surface area contributed by atoms with Gasteiger partial charge in [-0.2, -0.15) is 4.98 Å². The predicted octanol–water partition coefficient (Wildman–Crippen LogP) is 1.74. The highest BCUT2D eigenvalue weighted by Gasteiger charge is 2.17. The first-order chi connectivity index (χ1) is 9.36. The number of para-hydroxylation sites is 1.